The molecule has 0 spiro atoms. The molecule has 0 bridgehead atoms. The van der Waals surface area contributed by atoms with E-state index in [0.29, 0.717) is 5.56 Å². The van der Waals surface area contributed by atoms with Crippen LogP contribution in [-0.2, 0) is 21.4 Å². The van der Waals surface area contributed by atoms with Crippen molar-refractivity contribution in [1.29, 1.82) is 0 Å². The number of ether oxygens (including phenoxy) is 2. The summed E-state index contributed by atoms with van der Waals surface area (Å²) in [5.74, 6) is -0.706. The molecule has 0 amide bonds. The van der Waals surface area contributed by atoms with Crippen LogP contribution in [0.15, 0.2) is 53.4 Å². The monoisotopic (exact) mass is 385 g/mol. The summed E-state index contributed by atoms with van der Waals surface area (Å²) in [6.07, 6.45) is 0. The standard InChI is InChI=1S/C17H17F2NO5S/c1-2-20-26(22,23)15-5-3-4-13(10-15)16(21)24-11-12-6-8-14(9-7-12)25-17(18)19/h3-10,17,20H,2,11H2,1H3. The van der Waals surface area contributed by atoms with Crippen LogP contribution in [0.2, 0.25) is 0 Å². The number of esters is 1. The minimum Gasteiger partial charge on any atom is -0.457 e. The van der Waals surface area contributed by atoms with Gasteiger partial charge in [-0.3, -0.25) is 0 Å². The smallest absolute Gasteiger partial charge is 0.387 e. The predicted octanol–water partition coefficient (Wildman–Crippen LogP) is 2.94. The van der Waals surface area contributed by atoms with Gasteiger partial charge in [-0.1, -0.05) is 25.1 Å². The predicted molar refractivity (Wildman–Crippen MR) is 89.5 cm³/mol. The molecule has 0 aromatic heterocycles. The Morgan fingerprint density at radius 3 is 2.46 bits per heavy atom. The molecule has 2 rings (SSSR count). The summed E-state index contributed by atoms with van der Waals surface area (Å²) >= 11 is 0. The van der Waals surface area contributed by atoms with E-state index in [1.54, 1.807) is 6.92 Å². The number of alkyl halides is 2. The van der Waals surface area contributed by atoms with Crippen LogP contribution < -0.4 is 9.46 Å². The summed E-state index contributed by atoms with van der Waals surface area (Å²) in [4.78, 5) is 12.1. The van der Waals surface area contributed by atoms with Crippen LogP contribution in [0.3, 0.4) is 0 Å². The first kappa shape index (κ1) is 19.8. The quantitative estimate of drug-likeness (QED) is 0.707. The number of carbonyl (C=O) groups excluding carboxylic acids is 1. The minimum absolute atomic E-state index is 0.00333. The zero-order chi connectivity index (χ0) is 19.2. The third-order valence-electron chi connectivity index (χ3n) is 3.23. The lowest BCUT2D eigenvalue weighted by molar-refractivity contribution is -0.0498. The molecule has 9 heteroatoms. The van der Waals surface area contributed by atoms with Crippen LogP contribution >= 0.6 is 0 Å². The summed E-state index contributed by atoms with van der Waals surface area (Å²) < 4.78 is 59.8. The molecular weight excluding hydrogens is 368 g/mol. The molecule has 0 aliphatic heterocycles. The molecule has 0 fully saturated rings. The highest BCUT2D eigenvalue weighted by atomic mass is 32.2. The van der Waals surface area contributed by atoms with Crippen molar-refractivity contribution in [2.24, 2.45) is 0 Å². The van der Waals surface area contributed by atoms with Gasteiger partial charge in [-0.15, -0.1) is 0 Å². The maximum Gasteiger partial charge on any atom is 0.387 e. The fourth-order valence-electron chi connectivity index (χ4n) is 2.06. The van der Waals surface area contributed by atoms with Crippen LogP contribution in [-0.4, -0.2) is 27.5 Å². The van der Waals surface area contributed by atoms with E-state index in [4.69, 9.17) is 4.74 Å². The zero-order valence-electron chi connectivity index (χ0n) is 13.8. The Kier molecular flexibility index (Phi) is 6.64. The maximum absolute atomic E-state index is 12.1. The van der Waals surface area contributed by atoms with E-state index >= 15 is 0 Å². The maximum atomic E-state index is 12.1. The number of carbonyl (C=O) groups is 1. The van der Waals surface area contributed by atoms with Gasteiger partial charge in [0.2, 0.25) is 10.0 Å². The number of hydrogen-bond donors (Lipinski definition) is 1. The van der Waals surface area contributed by atoms with E-state index in [-0.39, 0.29) is 29.4 Å². The molecule has 2 aromatic rings. The van der Waals surface area contributed by atoms with Gasteiger partial charge in [0.25, 0.3) is 0 Å². The average Bonchev–Trinajstić information content (AvgIpc) is 2.60. The lowest BCUT2D eigenvalue weighted by atomic mass is 10.2. The molecule has 0 unspecified atom stereocenters. The SMILES string of the molecule is CCNS(=O)(=O)c1cccc(C(=O)OCc2ccc(OC(F)F)cc2)c1. The van der Waals surface area contributed by atoms with Gasteiger partial charge in [0, 0.05) is 6.54 Å². The number of halogens is 2. The number of sulfonamides is 1. The Balaban J connectivity index is 2.02. The van der Waals surface area contributed by atoms with Gasteiger partial charge in [-0.2, -0.15) is 8.78 Å². The fourth-order valence-corrected chi connectivity index (χ4v) is 3.15. The molecule has 6 nitrogen and oxygen atoms in total. The first-order chi connectivity index (χ1) is 12.3. The van der Waals surface area contributed by atoms with E-state index in [0.717, 1.165) is 0 Å². The number of nitrogens with one attached hydrogen (secondary N) is 1. The Hall–Kier alpha value is -2.52. The van der Waals surface area contributed by atoms with Crippen molar-refractivity contribution in [2.75, 3.05) is 6.54 Å². The van der Waals surface area contributed by atoms with Crippen LogP contribution in [0.25, 0.3) is 0 Å². The Morgan fingerprint density at radius 1 is 1.15 bits per heavy atom. The Bertz CT molecular complexity index is 854. The van der Waals surface area contributed by atoms with Crippen molar-refractivity contribution in [3.63, 3.8) is 0 Å². The van der Waals surface area contributed by atoms with Gasteiger partial charge >= 0.3 is 12.6 Å². The average molecular weight is 385 g/mol. The molecule has 140 valence electrons. The molecule has 26 heavy (non-hydrogen) atoms. The molecule has 0 heterocycles. The number of benzene rings is 2. The van der Waals surface area contributed by atoms with Crippen molar-refractivity contribution in [2.45, 2.75) is 25.0 Å². The first-order valence-corrected chi connectivity index (χ1v) is 9.10. The largest absolute Gasteiger partial charge is 0.457 e. The Morgan fingerprint density at radius 2 is 1.85 bits per heavy atom. The van der Waals surface area contributed by atoms with E-state index in [1.165, 1.54) is 48.5 Å². The molecule has 0 radical (unpaired) electrons. The second kappa shape index (κ2) is 8.72. The van der Waals surface area contributed by atoms with Crippen molar-refractivity contribution in [3.8, 4) is 5.75 Å². The molecule has 0 saturated heterocycles. The number of rotatable bonds is 8. The van der Waals surface area contributed by atoms with E-state index < -0.39 is 22.6 Å². The highest BCUT2D eigenvalue weighted by molar-refractivity contribution is 7.89. The lowest BCUT2D eigenvalue weighted by Gasteiger charge is -2.08. The van der Waals surface area contributed by atoms with Crippen LogP contribution in [0, 0.1) is 0 Å². The molecule has 0 aliphatic rings. The minimum atomic E-state index is -3.68. The second-order valence-electron chi connectivity index (χ2n) is 5.13. The van der Waals surface area contributed by atoms with Gasteiger partial charge in [0.1, 0.15) is 12.4 Å². The van der Waals surface area contributed by atoms with E-state index in [9.17, 15) is 22.0 Å². The summed E-state index contributed by atoms with van der Waals surface area (Å²) in [5.41, 5.74) is 0.651. The van der Waals surface area contributed by atoms with E-state index in [1.807, 2.05) is 0 Å². The topological polar surface area (TPSA) is 81.7 Å². The van der Waals surface area contributed by atoms with Crippen molar-refractivity contribution < 1.29 is 31.5 Å². The third-order valence-corrected chi connectivity index (χ3v) is 4.78. The van der Waals surface area contributed by atoms with Gasteiger partial charge in [0.15, 0.2) is 0 Å². The van der Waals surface area contributed by atoms with Gasteiger partial charge in [-0.05, 0) is 35.9 Å². The molecule has 1 N–H and O–H groups in total. The molecule has 0 aliphatic carbocycles. The summed E-state index contributed by atoms with van der Waals surface area (Å²) in [6.45, 7) is -1.14. The van der Waals surface area contributed by atoms with Gasteiger partial charge < -0.3 is 9.47 Å². The molecule has 0 atom stereocenters. The highest BCUT2D eigenvalue weighted by Gasteiger charge is 2.16. The number of hydrogen-bond acceptors (Lipinski definition) is 5. The molecular formula is C17H17F2NO5S. The molecule has 0 saturated carbocycles. The van der Waals surface area contributed by atoms with Gasteiger partial charge in [0.05, 0.1) is 10.5 Å². The summed E-state index contributed by atoms with van der Waals surface area (Å²) in [7, 11) is -3.68. The summed E-state index contributed by atoms with van der Waals surface area (Å²) in [5, 5.41) is 0. The van der Waals surface area contributed by atoms with Crippen LogP contribution in [0.1, 0.15) is 22.8 Å². The lowest BCUT2D eigenvalue weighted by Crippen LogP contribution is -2.23. The normalized spacial score (nSPS) is 11.4. The van der Waals surface area contributed by atoms with E-state index in [2.05, 4.69) is 9.46 Å². The fraction of sp³-hybridized carbons (Fsp3) is 0.235. The summed E-state index contributed by atoms with van der Waals surface area (Å²) in [6, 6.07) is 11.1. The zero-order valence-corrected chi connectivity index (χ0v) is 14.6. The van der Waals surface area contributed by atoms with Crippen molar-refractivity contribution >= 4 is 16.0 Å². The Labute approximate surface area is 149 Å². The van der Waals surface area contributed by atoms with Gasteiger partial charge in [-0.25, -0.2) is 17.9 Å². The van der Waals surface area contributed by atoms with Crippen molar-refractivity contribution in [3.05, 3.63) is 59.7 Å². The van der Waals surface area contributed by atoms with Crippen molar-refractivity contribution in [1.82, 2.24) is 4.72 Å². The third kappa shape index (κ3) is 5.50. The first-order valence-electron chi connectivity index (χ1n) is 7.62. The molecule has 2 aromatic carbocycles. The highest BCUT2D eigenvalue weighted by Crippen LogP contribution is 2.17. The second-order valence-corrected chi connectivity index (χ2v) is 6.89. The van der Waals surface area contributed by atoms with Crippen LogP contribution in [0.4, 0.5) is 8.78 Å². The van der Waals surface area contributed by atoms with Crippen LogP contribution in [0.5, 0.6) is 5.75 Å².